The van der Waals surface area contributed by atoms with E-state index in [4.69, 9.17) is 9.73 Å². The first-order valence-corrected chi connectivity index (χ1v) is 9.34. The number of nitrogens with one attached hydrogen (secondary N) is 3. The highest BCUT2D eigenvalue weighted by Gasteiger charge is 2.41. The predicted octanol–water partition coefficient (Wildman–Crippen LogP) is 1.99. The van der Waals surface area contributed by atoms with Gasteiger partial charge in [-0.3, -0.25) is 9.79 Å². The number of fused-ring (bicyclic) bond motifs is 3. The summed E-state index contributed by atoms with van der Waals surface area (Å²) >= 11 is 0. The number of guanidine groups is 1. The average Bonchev–Trinajstić information content (AvgIpc) is 3.30. The van der Waals surface area contributed by atoms with Crippen molar-refractivity contribution in [2.24, 2.45) is 4.99 Å². The number of carbonyl (C=O) groups excluding carboxylic acids is 1. The minimum absolute atomic E-state index is 0.0795. The number of ether oxygens (including phenoxy) is 1. The molecule has 0 aliphatic carbocycles. The Balaban J connectivity index is 1.36. The number of hydrogen-bond acceptors (Lipinski definition) is 3. The molecule has 0 radical (unpaired) electrons. The third-order valence-corrected chi connectivity index (χ3v) is 5.37. The molecule has 3 aliphatic rings. The molecule has 25 heavy (non-hydrogen) atoms. The maximum Gasteiger partial charge on any atom is 0.232 e. The molecule has 0 saturated carbocycles. The molecule has 134 valence electrons. The average molecular weight is 342 g/mol. The molecule has 2 fully saturated rings. The van der Waals surface area contributed by atoms with Crippen molar-refractivity contribution in [1.29, 1.82) is 0 Å². The molecule has 3 aliphatic heterocycles. The first-order chi connectivity index (χ1) is 12.2. The SMILES string of the molecule is CCNC(=NCCC1C(=O)Nc2ccccc21)NC1CC2CCC1O2. The molecular weight excluding hydrogens is 316 g/mol. The molecule has 4 rings (SSSR count). The van der Waals surface area contributed by atoms with E-state index in [0.717, 1.165) is 36.6 Å². The molecule has 4 unspecified atom stereocenters. The number of amides is 1. The number of para-hydroxylation sites is 1. The summed E-state index contributed by atoms with van der Waals surface area (Å²) in [5.74, 6) is 0.805. The number of hydrogen-bond donors (Lipinski definition) is 3. The first kappa shape index (κ1) is 16.4. The third-order valence-electron chi connectivity index (χ3n) is 5.37. The molecule has 3 heterocycles. The molecule has 1 aromatic carbocycles. The number of nitrogens with zero attached hydrogens (tertiary/aromatic N) is 1. The lowest BCUT2D eigenvalue weighted by atomic mass is 9.96. The van der Waals surface area contributed by atoms with Crippen LogP contribution < -0.4 is 16.0 Å². The number of rotatable bonds is 5. The maximum atomic E-state index is 12.2. The van der Waals surface area contributed by atoms with Crippen LogP contribution in [0.25, 0.3) is 0 Å². The number of benzene rings is 1. The Morgan fingerprint density at radius 3 is 3.00 bits per heavy atom. The minimum atomic E-state index is -0.103. The van der Waals surface area contributed by atoms with Crippen LogP contribution in [0.4, 0.5) is 5.69 Å². The highest BCUT2D eigenvalue weighted by atomic mass is 16.5. The molecule has 0 aromatic heterocycles. The van der Waals surface area contributed by atoms with Gasteiger partial charge in [-0.2, -0.15) is 0 Å². The summed E-state index contributed by atoms with van der Waals surface area (Å²) in [6.07, 6.45) is 4.85. The van der Waals surface area contributed by atoms with Gasteiger partial charge in [0, 0.05) is 18.8 Å². The molecular formula is C19H26N4O2. The summed E-state index contributed by atoms with van der Waals surface area (Å²) in [5.41, 5.74) is 2.02. The molecule has 0 spiro atoms. The van der Waals surface area contributed by atoms with Gasteiger partial charge in [0.2, 0.25) is 5.91 Å². The van der Waals surface area contributed by atoms with Gasteiger partial charge in [-0.1, -0.05) is 18.2 Å². The molecule has 2 bridgehead atoms. The van der Waals surface area contributed by atoms with Gasteiger partial charge in [-0.15, -0.1) is 0 Å². The van der Waals surface area contributed by atoms with Crippen molar-refractivity contribution < 1.29 is 9.53 Å². The smallest absolute Gasteiger partial charge is 0.232 e. The van der Waals surface area contributed by atoms with E-state index in [1.54, 1.807) is 0 Å². The lowest BCUT2D eigenvalue weighted by Crippen LogP contribution is -2.47. The highest BCUT2D eigenvalue weighted by molar-refractivity contribution is 6.02. The largest absolute Gasteiger partial charge is 0.373 e. The van der Waals surface area contributed by atoms with Gasteiger partial charge >= 0.3 is 0 Å². The van der Waals surface area contributed by atoms with Crippen molar-refractivity contribution >= 4 is 17.6 Å². The van der Waals surface area contributed by atoms with E-state index >= 15 is 0 Å². The number of aliphatic imine (C=N–C) groups is 1. The van der Waals surface area contributed by atoms with Gasteiger partial charge in [0.15, 0.2) is 5.96 Å². The zero-order valence-corrected chi connectivity index (χ0v) is 14.6. The predicted molar refractivity (Wildman–Crippen MR) is 97.8 cm³/mol. The van der Waals surface area contributed by atoms with Crippen molar-refractivity contribution in [3.05, 3.63) is 29.8 Å². The molecule has 1 aromatic rings. The van der Waals surface area contributed by atoms with Gasteiger partial charge in [-0.25, -0.2) is 0 Å². The Bertz CT molecular complexity index is 675. The van der Waals surface area contributed by atoms with E-state index in [9.17, 15) is 4.79 Å². The Labute approximate surface area is 148 Å². The molecule has 1 amide bonds. The zero-order chi connectivity index (χ0) is 17.2. The van der Waals surface area contributed by atoms with Crippen molar-refractivity contribution in [3.63, 3.8) is 0 Å². The Morgan fingerprint density at radius 2 is 2.24 bits per heavy atom. The van der Waals surface area contributed by atoms with Crippen molar-refractivity contribution in [2.75, 3.05) is 18.4 Å². The number of anilines is 1. The van der Waals surface area contributed by atoms with E-state index in [2.05, 4.69) is 22.9 Å². The monoisotopic (exact) mass is 342 g/mol. The lowest BCUT2D eigenvalue weighted by molar-refractivity contribution is -0.117. The van der Waals surface area contributed by atoms with Gasteiger partial charge in [-0.05, 0) is 44.2 Å². The van der Waals surface area contributed by atoms with Crippen LogP contribution in [0.15, 0.2) is 29.3 Å². The second kappa shape index (κ2) is 7.04. The minimum Gasteiger partial charge on any atom is -0.373 e. The van der Waals surface area contributed by atoms with Crippen LogP contribution in [0.2, 0.25) is 0 Å². The van der Waals surface area contributed by atoms with E-state index in [1.165, 1.54) is 6.42 Å². The first-order valence-electron chi connectivity index (χ1n) is 9.34. The van der Waals surface area contributed by atoms with E-state index < -0.39 is 0 Å². The normalized spacial score (nSPS) is 30.3. The fourth-order valence-corrected chi connectivity index (χ4v) is 4.15. The summed E-state index contributed by atoms with van der Waals surface area (Å²) in [7, 11) is 0. The highest BCUT2D eigenvalue weighted by Crippen LogP contribution is 2.35. The summed E-state index contributed by atoms with van der Waals surface area (Å²) in [5, 5.41) is 9.78. The molecule has 4 atom stereocenters. The Morgan fingerprint density at radius 1 is 1.36 bits per heavy atom. The maximum absolute atomic E-state index is 12.2. The number of carbonyl (C=O) groups is 1. The second-order valence-electron chi connectivity index (χ2n) is 7.04. The Kier molecular flexibility index (Phi) is 4.61. The summed E-state index contributed by atoms with van der Waals surface area (Å²) in [6, 6.07) is 8.27. The Hall–Kier alpha value is -2.08. The second-order valence-corrected chi connectivity index (χ2v) is 7.04. The summed E-state index contributed by atoms with van der Waals surface area (Å²) in [6.45, 7) is 3.50. The van der Waals surface area contributed by atoms with Gasteiger partial charge in [0.25, 0.3) is 0 Å². The van der Waals surface area contributed by atoms with E-state index in [0.29, 0.717) is 31.2 Å². The van der Waals surface area contributed by atoms with Crippen LogP contribution in [0.5, 0.6) is 0 Å². The quantitative estimate of drug-likeness (QED) is 0.565. The zero-order valence-electron chi connectivity index (χ0n) is 14.6. The fourth-order valence-electron chi connectivity index (χ4n) is 4.15. The van der Waals surface area contributed by atoms with E-state index in [-0.39, 0.29) is 11.8 Å². The molecule has 6 nitrogen and oxygen atoms in total. The molecule has 6 heteroatoms. The van der Waals surface area contributed by atoms with Crippen molar-refractivity contribution in [3.8, 4) is 0 Å². The van der Waals surface area contributed by atoms with Gasteiger partial charge in [0.05, 0.1) is 24.2 Å². The van der Waals surface area contributed by atoms with Crippen LogP contribution in [-0.2, 0) is 9.53 Å². The summed E-state index contributed by atoms with van der Waals surface area (Å²) in [4.78, 5) is 16.9. The topological polar surface area (TPSA) is 74.8 Å². The standard InChI is InChI=1S/C19H26N4O2/c1-2-20-19(23-16-11-12-7-8-17(16)25-12)21-10-9-14-13-5-3-4-6-15(13)22-18(14)24/h3-6,12,14,16-17H,2,7-11H2,1H3,(H,22,24)(H2,20,21,23). The summed E-state index contributed by atoms with van der Waals surface area (Å²) < 4.78 is 5.90. The fraction of sp³-hybridized carbons (Fsp3) is 0.579. The van der Waals surface area contributed by atoms with Crippen LogP contribution in [0.3, 0.4) is 0 Å². The van der Waals surface area contributed by atoms with Crippen LogP contribution >= 0.6 is 0 Å². The van der Waals surface area contributed by atoms with Crippen molar-refractivity contribution in [2.45, 2.75) is 56.8 Å². The van der Waals surface area contributed by atoms with Crippen LogP contribution in [0.1, 0.15) is 44.1 Å². The van der Waals surface area contributed by atoms with Gasteiger partial charge < -0.3 is 20.7 Å². The van der Waals surface area contributed by atoms with Crippen molar-refractivity contribution in [1.82, 2.24) is 10.6 Å². The van der Waals surface area contributed by atoms with E-state index in [1.807, 2.05) is 24.3 Å². The molecule has 2 saturated heterocycles. The van der Waals surface area contributed by atoms with Crippen LogP contribution in [0, 0.1) is 0 Å². The van der Waals surface area contributed by atoms with Gasteiger partial charge in [0.1, 0.15) is 0 Å². The lowest BCUT2D eigenvalue weighted by Gasteiger charge is -2.22. The third kappa shape index (κ3) is 3.35. The van der Waals surface area contributed by atoms with Crippen LogP contribution in [-0.4, -0.2) is 43.2 Å². The molecule has 3 N–H and O–H groups in total.